The molecule has 9 heteroatoms. The van der Waals surface area contributed by atoms with E-state index in [1.807, 2.05) is 6.08 Å². The van der Waals surface area contributed by atoms with Gasteiger partial charge in [0.2, 0.25) is 0 Å². The highest BCUT2D eigenvalue weighted by molar-refractivity contribution is 5.91. The number of ketones is 1. The molecular weight excluding hydrogens is 420 g/mol. The Balaban J connectivity index is 1.39. The van der Waals surface area contributed by atoms with Gasteiger partial charge >= 0.3 is 0 Å². The average Bonchev–Trinajstić information content (AvgIpc) is 3.36. The molecule has 7 atom stereocenters. The molecule has 3 fully saturated rings. The zero-order valence-corrected chi connectivity index (χ0v) is 19.5. The molecule has 0 spiro atoms. The lowest BCUT2D eigenvalue weighted by molar-refractivity contribution is -0.135. The maximum absolute atomic E-state index is 12.1. The van der Waals surface area contributed by atoms with Crippen molar-refractivity contribution in [1.29, 1.82) is 0 Å². The standard InChI is InChI=1S/C24H34N6O3/c1-22-8-5-16(31)11-15(22)3-4-18-19(22)6-9-23(2)20(18)7-10-24(23,33)21-14-30(29-27-21)13-17(32)12-26-28-25/h11,14,17-20,32-33H,3-10,12-13H2,1-2H3/t17?,18-,19+,20+,22+,23+,24-/m1/s1. The van der Waals surface area contributed by atoms with E-state index in [2.05, 4.69) is 34.2 Å². The van der Waals surface area contributed by atoms with Crippen molar-refractivity contribution in [2.75, 3.05) is 6.54 Å². The van der Waals surface area contributed by atoms with Crippen molar-refractivity contribution in [2.24, 2.45) is 33.7 Å². The van der Waals surface area contributed by atoms with Gasteiger partial charge in [-0.25, -0.2) is 4.68 Å². The first kappa shape index (κ1) is 22.6. The van der Waals surface area contributed by atoms with E-state index >= 15 is 0 Å². The Morgan fingerprint density at radius 2 is 2.03 bits per heavy atom. The zero-order chi connectivity index (χ0) is 23.4. The van der Waals surface area contributed by atoms with Crippen LogP contribution in [0.5, 0.6) is 0 Å². The van der Waals surface area contributed by atoms with Gasteiger partial charge in [0.15, 0.2) is 5.78 Å². The first-order valence-electron chi connectivity index (χ1n) is 12.3. The van der Waals surface area contributed by atoms with Gasteiger partial charge in [-0.1, -0.05) is 29.7 Å². The number of carbonyl (C=O) groups is 1. The predicted molar refractivity (Wildman–Crippen MR) is 121 cm³/mol. The zero-order valence-electron chi connectivity index (χ0n) is 19.5. The van der Waals surface area contributed by atoms with Gasteiger partial charge in [0.05, 0.1) is 25.4 Å². The number of nitrogens with zero attached hydrogens (tertiary/aromatic N) is 6. The van der Waals surface area contributed by atoms with E-state index in [1.165, 1.54) is 10.3 Å². The molecule has 1 unspecified atom stereocenters. The van der Waals surface area contributed by atoms with Crippen LogP contribution < -0.4 is 0 Å². The fourth-order valence-corrected chi connectivity index (χ4v) is 7.98. The Hall–Kier alpha value is -2.22. The second-order valence-corrected chi connectivity index (χ2v) is 11.2. The molecule has 5 rings (SSSR count). The van der Waals surface area contributed by atoms with E-state index in [0.717, 1.165) is 38.5 Å². The summed E-state index contributed by atoms with van der Waals surface area (Å²) in [6.07, 6.45) is 10.1. The number of hydrogen-bond acceptors (Lipinski definition) is 6. The number of fused-ring (bicyclic) bond motifs is 5. The van der Waals surface area contributed by atoms with Gasteiger partial charge in [-0.05, 0) is 79.7 Å². The van der Waals surface area contributed by atoms with Crippen molar-refractivity contribution in [3.63, 3.8) is 0 Å². The lowest BCUT2D eigenvalue weighted by Gasteiger charge is -2.59. The summed E-state index contributed by atoms with van der Waals surface area (Å²) < 4.78 is 1.53. The number of hydrogen-bond donors (Lipinski definition) is 2. The maximum atomic E-state index is 12.1. The first-order chi connectivity index (χ1) is 15.7. The van der Waals surface area contributed by atoms with E-state index in [1.54, 1.807) is 6.20 Å². The Bertz CT molecular complexity index is 1030. The molecule has 3 saturated carbocycles. The van der Waals surface area contributed by atoms with Gasteiger partial charge in [-0.15, -0.1) is 5.10 Å². The van der Waals surface area contributed by atoms with Crippen molar-refractivity contribution < 1.29 is 15.0 Å². The molecule has 0 aliphatic heterocycles. The van der Waals surface area contributed by atoms with Crippen LogP contribution in [0.25, 0.3) is 10.4 Å². The van der Waals surface area contributed by atoms with E-state index in [4.69, 9.17) is 5.53 Å². The Labute approximate surface area is 193 Å². The van der Waals surface area contributed by atoms with Gasteiger partial charge in [0, 0.05) is 16.7 Å². The summed E-state index contributed by atoms with van der Waals surface area (Å²) in [5, 5.41) is 33.9. The topological polar surface area (TPSA) is 137 Å². The fourth-order valence-electron chi connectivity index (χ4n) is 7.98. The fraction of sp³-hybridized carbons (Fsp3) is 0.792. The Morgan fingerprint density at radius 1 is 1.24 bits per heavy atom. The van der Waals surface area contributed by atoms with E-state index < -0.39 is 11.7 Å². The quantitative estimate of drug-likeness (QED) is 0.397. The first-order valence-corrected chi connectivity index (χ1v) is 12.3. The molecule has 9 nitrogen and oxygen atoms in total. The Kier molecular flexibility index (Phi) is 5.42. The molecule has 1 heterocycles. The van der Waals surface area contributed by atoms with Crippen LogP contribution in [0.15, 0.2) is 23.0 Å². The van der Waals surface area contributed by atoms with Crippen LogP contribution >= 0.6 is 0 Å². The second-order valence-electron chi connectivity index (χ2n) is 11.2. The predicted octanol–water partition coefficient (Wildman–Crippen LogP) is 3.67. The molecule has 0 bridgehead atoms. The smallest absolute Gasteiger partial charge is 0.155 e. The molecule has 1 aromatic rings. The summed E-state index contributed by atoms with van der Waals surface area (Å²) in [5.74, 6) is 1.81. The molecule has 1 aromatic heterocycles. The van der Waals surface area contributed by atoms with Crippen LogP contribution in [-0.4, -0.2) is 43.6 Å². The normalized spacial score (nSPS) is 40.8. The summed E-state index contributed by atoms with van der Waals surface area (Å²) in [4.78, 5) is 14.7. The number of carbonyl (C=O) groups excluding carboxylic acids is 1. The molecule has 0 aromatic carbocycles. The van der Waals surface area contributed by atoms with E-state index in [0.29, 0.717) is 36.3 Å². The number of rotatable bonds is 5. The second kappa shape index (κ2) is 7.93. The third-order valence-corrected chi connectivity index (χ3v) is 9.83. The number of aromatic nitrogens is 3. The maximum Gasteiger partial charge on any atom is 0.155 e. The van der Waals surface area contributed by atoms with E-state index in [-0.39, 0.29) is 29.7 Å². The molecule has 0 saturated heterocycles. The highest BCUT2D eigenvalue weighted by atomic mass is 16.3. The van der Waals surface area contributed by atoms with Crippen molar-refractivity contribution in [3.8, 4) is 0 Å². The summed E-state index contributed by atoms with van der Waals surface area (Å²) in [6, 6.07) is 0. The third kappa shape index (κ3) is 3.35. The number of azide groups is 1. The monoisotopic (exact) mass is 454 g/mol. The lowest BCUT2D eigenvalue weighted by Crippen LogP contribution is -2.53. The molecule has 0 radical (unpaired) electrons. The molecule has 2 N–H and O–H groups in total. The molecule has 0 amide bonds. The van der Waals surface area contributed by atoms with Crippen molar-refractivity contribution in [3.05, 3.63) is 34.0 Å². The summed E-state index contributed by atoms with van der Waals surface area (Å²) >= 11 is 0. The Morgan fingerprint density at radius 3 is 2.82 bits per heavy atom. The van der Waals surface area contributed by atoms with Crippen molar-refractivity contribution in [1.82, 2.24) is 15.0 Å². The average molecular weight is 455 g/mol. The molecule has 33 heavy (non-hydrogen) atoms. The van der Waals surface area contributed by atoms with Crippen LogP contribution in [0, 0.1) is 28.6 Å². The summed E-state index contributed by atoms with van der Waals surface area (Å²) in [5.41, 5.74) is 9.17. The molecule has 4 aliphatic carbocycles. The van der Waals surface area contributed by atoms with Crippen LogP contribution in [0.2, 0.25) is 0 Å². The number of allylic oxidation sites excluding steroid dienone is 1. The van der Waals surface area contributed by atoms with Crippen LogP contribution in [0.4, 0.5) is 0 Å². The minimum atomic E-state index is -1.05. The molecule has 178 valence electrons. The largest absolute Gasteiger partial charge is 0.391 e. The number of aliphatic hydroxyl groups is 2. The highest BCUT2D eigenvalue weighted by Gasteiger charge is 2.65. The molecule has 4 aliphatic rings. The van der Waals surface area contributed by atoms with Gasteiger partial charge in [0.1, 0.15) is 11.3 Å². The van der Waals surface area contributed by atoms with Gasteiger partial charge in [-0.3, -0.25) is 4.79 Å². The lowest BCUT2D eigenvalue weighted by atomic mass is 9.46. The van der Waals surface area contributed by atoms with Crippen LogP contribution in [0.3, 0.4) is 0 Å². The van der Waals surface area contributed by atoms with Gasteiger partial charge < -0.3 is 10.2 Å². The minimum absolute atomic E-state index is 0.0282. The highest BCUT2D eigenvalue weighted by Crippen LogP contribution is 2.69. The summed E-state index contributed by atoms with van der Waals surface area (Å²) in [7, 11) is 0. The third-order valence-electron chi connectivity index (χ3n) is 9.83. The van der Waals surface area contributed by atoms with E-state index in [9.17, 15) is 15.0 Å². The molecular formula is C24H34N6O3. The van der Waals surface area contributed by atoms with Crippen molar-refractivity contribution in [2.45, 2.75) is 83.5 Å². The van der Waals surface area contributed by atoms with Crippen LogP contribution in [-0.2, 0) is 16.9 Å². The summed E-state index contributed by atoms with van der Waals surface area (Å²) in [6.45, 7) is 4.74. The number of aliphatic hydroxyl groups excluding tert-OH is 1. The van der Waals surface area contributed by atoms with Gasteiger partial charge in [-0.2, -0.15) is 0 Å². The SMILES string of the molecule is C[C@]12CCC(=O)C=C1CC[C@@H]1[C@@H]2CC[C@@]2(C)[C@H]1CC[C@@]2(O)c1cn(CC(O)CN=[N+]=[N-])nn1. The van der Waals surface area contributed by atoms with Gasteiger partial charge in [0.25, 0.3) is 0 Å². The van der Waals surface area contributed by atoms with Crippen molar-refractivity contribution >= 4 is 5.78 Å². The minimum Gasteiger partial charge on any atom is -0.391 e. The van der Waals surface area contributed by atoms with Crippen LogP contribution in [0.1, 0.15) is 70.9 Å².